The topological polar surface area (TPSA) is 84.2 Å². The third-order valence-electron chi connectivity index (χ3n) is 3.93. The highest BCUT2D eigenvalue weighted by molar-refractivity contribution is 5.99. The first-order valence-electron chi connectivity index (χ1n) is 7.60. The largest absolute Gasteiger partial charge is 0.360 e. The van der Waals surface area contributed by atoms with Crippen LogP contribution in [0.15, 0.2) is 34.9 Å². The molecule has 3 rings (SSSR count). The Bertz CT molecular complexity index is 721. The Hall–Kier alpha value is -2.63. The van der Waals surface area contributed by atoms with Crippen LogP contribution < -0.4 is 10.6 Å². The van der Waals surface area contributed by atoms with E-state index in [1.807, 2.05) is 31.2 Å². The Morgan fingerprint density at radius 1 is 1.17 bits per heavy atom. The molecule has 2 atom stereocenters. The minimum absolute atomic E-state index is 0.0814. The molecule has 1 heterocycles. The van der Waals surface area contributed by atoms with Crippen molar-refractivity contribution in [2.45, 2.75) is 26.8 Å². The number of hydrogen-bond donors (Lipinski definition) is 2. The van der Waals surface area contributed by atoms with Gasteiger partial charge in [0.25, 0.3) is 0 Å². The van der Waals surface area contributed by atoms with Gasteiger partial charge in [0.1, 0.15) is 5.76 Å². The van der Waals surface area contributed by atoms with Gasteiger partial charge in [-0.05, 0) is 25.8 Å². The number of hydrogen-bond acceptors (Lipinski definition) is 4. The van der Waals surface area contributed by atoms with Gasteiger partial charge in [-0.1, -0.05) is 35.0 Å². The van der Waals surface area contributed by atoms with Crippen LogP contribution in [0.1, 0.15) is 23.3 Å². The monoisotopic (exact) mass is 313 g/mol. The van der Waals surface area contributed by atoms with Gasteiger partial charge in [-0.2, -0.15) is 0 Å². The summed E-state index contributed by atoms with van der Waals surface area (Å²) in [6, 6.07) is 9.63. The molecular formula is C17H19N3O3. The van der Waals surface area contributed by atoms with E-state index in [0.29, 0.717) is 24.5 Å². The zero-order valence-electron chi connectivity index (χ0n) is 13.1. The Morgan fingerprint density at radius 3 is 2.52 bits per heavy atom. The number of aromatic nitrogens is 1. The summed E-state index contributed by atoms with van der Waals surface area (Å²) in [5.41, 5.74) is 2.23. The van der Waals surface area contributed by atoms with Crippen LogP contribution in [0.5, 0.6) is 0 Å². The lowest BCUT2D eigenvalue weighted by atomic mass is 10.1. The van der Waals surface area contributed by atoms with Gasteiger partial charge < -0.3 is 15.2 Å². The molecule has 1 aliphatic rings. The van der Waals surface area contributed by atoms with Gasteiger partial charge in [-0.15, -0.1) is 0 Å². The highest BCUT2D eigenvalue weighted by Gasteiger charge is 2.48. The van der Waals surface area contributed by atoms with Gasteiger partial charge in [0.2, 0.25) is 11.8 Å². The fourth-order valence-electron chi connectivity index (χ4n) is 2.44. The molecule has 2 aromatic rings. The van der Waals surface area contributed by atoms with E-state index in [2.05, 4.69) is 15.8 Å². The minimum atomic E-state index is -0.287. The van der Waals surface area contributed by atoms with Crippen LogP contribution in [0.4, 0.5) is 5.82 Å². The molecule has 1 saturated carbocycles. The molecule has 0 spiro atoms. The summed E-state index contributed by atoms with van der Waals surface area (Å²) in [4.78, 5) is 24.1. The van der Waals surface area contributed by atoms with E-state index in [4.69, 9.17) is 4.52 Å². The lowest BCUT2D eigenvalue weighted by Crippen LogP contribution is -2.27. The molecule has 0 radical (unpaired) electrons. The predicted octanol–water partition coefficient (Wildman–Crippen LogP) is 2.18. The van der Waals surface area contributed by atoms with E-state index >= 15 is 0 Å². The molecule has 1 aromatic heterocycles. The molecule has 6 nitrogen and oxygen atoms in total. The van der Waals surface area contributed by atoms with Gasteiger partial charge in [-0.25, -0.2) is 0 Å². The summed E-state index contributed by atoms with van der Waals surface area (Å²) in [5, 5.41) is 9.26. The number of nitrogens with one attached hydrogen (secondary N) is 2. The maximum atomic E-state index is 12.1. The normalized spacial score (nSPS) is 19.2. The Balaban J connectivity index is 1.46. The first-order chi connectivity index (χ1) is 11.0. The molecule has 6 heteroatoms. The van der Waals surface area contributed by atoms with Crippen molar-refractivity contribution in [3.63, 3.8) is 0 Å². The Morgan fingerprint density at radius 2 is 1.87 bits per heavy atom. The highest BCUT2D eigenvalue weighted by atomic mass is 16.5. The van der Waals surface area contributed by atoms with Gasteiger partial charge in [0, 0.05) is 12.6 Å². The van der Waals surface area contributed by atoms with Crippen LogP contribution in [0.3, 0.4) is 0 Å². The van der Waals surface area contributed by atoms with E-state index in [9.17, 15) is 9.59 Å². The Kier molecular flexibility index (Phi) is 4.14. The number of carbonyl (C=O) groups is 2. The molecule has 0 bridgehead atoms. The van der Waals surface area contributed by atoms with E-state index in [1.54, 1.807) is 13.0 Å². The van der Waals surface area contributed by atoms with Crippen molar-refractivity contribution in [1.82, 2.24) is 10.5 Å². The van der Waals surface area contributed by atoms with E-state index in [0.717, 1.165) is 5.56 Å². The summed E-state index contributed by atoms with van der Waals surface area (Å²) < 4.78 is 4.89. The zero-order chi connectivity index (χ0) is 16.4. The summed E-state index contributed by atoms with van der Waals surface area (Å²) in [6.07, 6.45) is 0.572. The number of nitrogens with zero attached hydrogens (tertiary/aromatic N) is 1. The van der Waals surface area contributed by atoms with Gasteiger partial charge in [-0.3, -0.25) is 9.59 Å². The average molecular weight is 313 g/mol. The van der Waals surface area contributed by atoms with Crippen LogP contribution in [-0.2, 0) is 16.1 Å². The molecule has 120 valence electrons. The van der Waals surface area contributed by atoms with Crippen molar-refractivity contribution in [3.05, 3.63) is 47.2 Å². The molecule has 2 N–H and O–H groups in total. The van der Waals surface area contributed by atoms with Gasteiger partial charge in [0.05, 0.1) is 11.8 Å². The molecule has 0 aliphatic heterocycles. The van der Waals surface area contributed by atoms with Crippen molar-refractivity contribution in [1.29, 1.82) is 0 Å². The van der Waals surface area contributed by atoms with Crippen LogP contribution in [0.2, 0.25) is 0 Å². The number of aryl methyl sites for hydroxylation is 2. The van der Waals surface area contributed by atoms with Gasteiger partial charge >= 0.3 is 0 Å². The third kappa shape index (κ3) is 3.77. The predicted molar refractivity (Wildman–Crippen MR) is 84.5 cm³/mol. The third-order valence-corrected chi connectivity index (χ3v) is 3.93. The number of carbonyl (C=O) groups excluding carboxylic acids is 2. The first-order valence-corrected chi connectivity index (χ1v) is 7.60. The average Bonchev–Trinajstić information content (AvgIpc) is 3.24. The van der Waals surface area contributed by atoms with Crippen molar-refractivity contribution < 1.29 is 14.1 Å². The second kappa shape index (κ2) is 6.24. The van der Waals surface area contributed by atoms with E-state index in [-0.39, 0.29) is 23.7 Å². The zero-order valence-corrected chi connectivity index (χ0v) is 13.1. The fraction of sp³-hybridized carbons (Fsp3) is 0.353. The van der Waals surface area contributed by atoms with Crippen molar-refractivity contribution >= 4 is 17.6 Å². The van der Waals surface area contributed by atoms with Crippen LogP contribution >= 0.6 is 0 Å². The van der Waals surface area contributed by atoms with Crippen LogP contribution in [0, 0.1) is 25.7 Å². The van der Waals surface area contributed by atoms with Crippen molar-refractivity contribution in [2.75, 3.05) is 5.32 Å². The lowest BCUT2D eigenvalue weighted by molar-refractivity contribution is -0.125. The lowest BCUT2D eigenvalue weighted by Gasteiger charge is -2.05. The molecule has 1 aromatic carbocycles. The second-order valence-corrected chi connectivity index (χ2v) is 5.96. The molecule has 1 aliphatic carbocycles. The summed E-state index contributed by atoms with van der Waals surface area (Å²) in [5.74, 6) is 0.205. The SMILES string of the molecule is Cc1ccc(CNC(=O)C2CC2C(=O)Nc2cc(C)on2)cc1. The molecular weight excluding hydrogens is 294 g/mol. The smallest absolute Gasteiger partial charge is 0.229 e. The summed E-state index contributed by atoms with van der Waals surface area (Å²) in [6.45, 7) is 4.25. The summed E-state index contributed by atoms with van der Waals surface area (Å²) in [7, 11) is 0. The minimum Gasteiger partial charge on any atom is -0.360 e. The molecule has 1 fully saturated rings. The van der Waals surface area contributed by atoms with E-state index < -0.39 is 0 Å². The van der Waals surface area contributed by atoms with Crippen LogP contribution in [-0.4, -0.2) is 17.0 Å². The van der Waals surface area contributed by atoms with Gasteiger partial charge in [0.15, 0.2) is 5.82 Å². The quantitative estimate of drug-likeness (QED) is 0.886. The maximum absolute atomic E-state index is 12.1. The fourth-order valence-corrected chi connectivity index (χ4v) is 2.44. The summed E-state index contributed by atoms with van der Waals surface area (Å²) >= 11 is 0. The highest BCUT2D eigenvalue weighted by Crippen LogP contribution is 2.39. The maximum Gasteiger partial charge on any atom is 0.229 e. The molecule has 0 saturated heterocycles. The first kappa shape index (κ1) is 15.3. The molecule has 2 amide bonds. The van der Waals surface area contributed by atoms with Crippen molar-refractivity contribution in [2.24, 2.45) is 11.8 Å². The Labute approximate surface area is 134 Å². The van der Waals surface area contributed by atoms with E-state index in [1.165, 1.54) is 5.56 Å². The molecule has 2 unspecified atom stereocenters. The van der Waals surface area contributed by atoms with Crippen molar-refractivity contribution in [3.8, 4) is 0 Å². The second-order valence-electron chi connectivity index (χ2n) is 5.96. The number of benzene rings is 1. The van der Waals surface area contributed by atoms with Crippen LogP contribution in [0.25, 0.3) is 0 Å². The number of amides is 2. The molecule has 23 heavy (non-hydrogen) atoms. The number of anilines is 1. The number of rotatable bonds is 5. The standard InChI is InChI=1S/C17H19N3O3/c1-10-3-5-12(6-4-10)9-18-16(21)13-8-14(13)17(22)19-15-7-11(2)23-20-15/h3-7,13-14H,8-9H2,1-2H3,(H,18,21)(H,19,20,22).